The molecule has 1 N–H and O–H groups in total. The van der Waals surface area contributed by atoms with E-state index in [-0.39, 0.29) is 0 Å². The molecule has 0 fully saturated rings. The van der Waals surface area contributed by atoms with Crippen LogP contribution in [0.2, 0.25) is 0 Å². The van der Waals surface area contributed by atoms with Crippen molar-refractivity contribution in [1.29, 1.82) is 0 Å². The van der Waals surface area contributed by atoms with Crippen LogP contribution in [-0.4, -0.2) is 20.6 Å². The summed E-state index contributed by atoms with van der Waals surface area (Å²) in [4.78, 5) is 14.9. The van der Waals surface area contributed by atoms with E-state index in [4.69, 9.17) is 5.11 Å². The third-order valence-corrected chi connectivity index (χ3v) is 2.50. The Bertz CT molecular complexity index is 504. The number of imidazole rings is 1. The molecule has 82 valence electrons. The topological polar surface area (TPSA) is 55.1 Å². The highest BCUT2D eigenvalue weighted by Crippen LogP contribution is 2.17. The smallest absolute Gasteiger partial charge is 0.335 e. The van der Waals surface area contributed by atoms with E-state index in [0.717, 1.165) is 17.7 Å². The van der Waals surface area contributed by atoms with Crippen LogP contribution in [0.4, 0.5) is 0 Å². The average Bonchev–Trinajstić information content (AvgIpc) is 2.81. The molecule has 0 aliphatic heterocycles. The predicted octanol–water partition coefficient (Wildman–Crippen LogP) is 2.13. The molecule has 0 bridgehead atoms. The van der Waals surface area contributed by atoms with Crippen molar-refractivity contribution in [3.63, 3.8) is 0 Å². The molecular weight excluding hydrogens is 204 g/mol. The van der Waals surface area contributed by atoms with Gasteiger partial charge in [0.05, 0.1) is 17.6 Å². The maximum Gasteiger partial charge on any atom is 0.335 e. The molecule has 0 spiro atoms. The summed E-state index contributed by atoms with van der Waals surface area (Å²) in [6.45, 7) is 2.04. The lowest BCUT2D eigenvalue weighted by Crippen LogP contribution is -2.02. The molecule has 0 saturated carbocycles. The third-order valence-electron chi connectivity index (χ3n) is 2.50. The highest BCUT2D eigenvalue weighted by molar-refractivity contribution is 5.88. The summed E-state index contributed by atoms with van der Waals surface area (Å²) in [7, 11) is 0. The molecular formula is C12H12N2O2. The van der Waals surface area contributed by atoms with Gasteiger partial charge in [0.15, 0.2) is 0 Å². The number of aryl methyl sites for hydroxylation is 1. The Kier molecular flexibility index (Phi) is 2.72. The number of aromatic carboxylic acids is 1. The van der Waals surface area contributed by atoms with Crippen molar-refractivity contribution < 1.29 is 9.90 Å². The van der Waals surface area contributed by atoms with E-state index in [1.807, 2.05) is 17.6 Å². The average molecular weight is 216 g/mol. The van der Waals surface area contributed by atoms with Crippen LogP contribution in [0.5, 0.6) is 0 Å². The van der Waals surface area contributed by atoms with Gasteiger partial charge in [0, 0.05) is 12.4 Å². The first-order chi connectivity index (χ1) is 7.72. The summed E-state index contributed by atoms with van der Waals surface area (Å²) in [5.41, 5.74) is 2.27. The van der Waals surface area contributed by atoms with Crippen LogP contribution >= 0.6 is 0 Å². The van der Waals surface area contributed by atoms with E-state index in [9.17, 15) is 4.79 Å². The van der Waals surface area contributed by atoms with Crippen LogP contribution in [-0.2, 0) is 6.42 Å². The van der Waals surface area contributed by atoms with Crippen LogP contribution < -0.4 is 0 Å². The molecule has 1 aromatic carbocycles. The van der Waals surface area contributed by atoms with Gasteiger partial charge < -0.3 is 9.67 Å². The highest BCUT2D eigenvalue weighted by Gasteiger charge is 2.08. The standard InChI is InChI=1S/C12H12N2O2/c1-2-9-3-4-10(12(15)16)7-11(9)14-6-5-13-8-14/h3-8H,2H2,1H3,(H,15,16). The van der Waals surface area contributed by atoms with Crippen molar-refractivity contribution in [1.82, 2.24) is 9.55 Å². The van der Waals surface area contributed by atoms with Gasteiger partial charge in [-0.15, -0.1) is 0 Å². The summed E-state index contributed by atoms with van der Waals surface area (Å²) in [5.74, 6) is -0.913. The second kappa shape index (κ2) is 4.18. The minimum Gasteiger partial charge on any atom is -0.478 e. The zero-order chi connectivity index (χ0) is 11.5. The van der Waals surface area contributed by atoms with Crippen molar-refractivity contribution >= 4 is 5.97 Å². The van der Waals surface area contributed by atoms with Crippen molar-refractivity contribution in [2.75, 3.05) is 0 Å². The quantitative estimate of drug-likeness (QED) is 0.855. The number of aromatic nitrogens is 2. The number of carboxylic acid groups (broad SMARTS) is 1. The molecule has 4 nitrogen and oxygen atoms in total. The van der Waals surface area contributed by atoms with Crippen LogP contribution in [0.25, 0.3) is 5.69 Å². The Labute approximate surface area is 93.2 Å². The maximum absolute atomic E-state index is 10.9. The fourth-order valence-electron chi connectivity index (χ4n) is 1.64. The van der Waals surface area contributed by atoms with Gasteiger partial charge in [-0.05, 0) is 24.1 Å². The number of carbonyl (C=O) groups is 1. The molecule has 0 atom stereocenters. The summed E-state index contributed by atoms with van der Waals surface area (Å²) >= 11 is 0. The fourth-order valence-corrected chi connectivity index (χ4v) is 1.64. The number of hydrogen-bond acceptors (Lipinski definition) is 2. The van der Waals surface area contributed by atoms with Gasteiger partial charge in [-0.2, -0.15) is 0 Å². The van der Waals surface area contributed by atoms with Crippen molar-refractivity contribution in [2.24, 2.45) is 0 Å². The highest BCUT2D eigenvalue weighted by atomic mass is 16.4. The Balaban J connectivity index is 2.56. The first-order valence-electron chi connectivity index (χ1n) is 5.07. The van der Waals surface area contributed by atoms with Crippen LogP contribution in [0.3, 0.4) is 0 Å². The lowest BCUT2D eigenvalue weighted by atomic mass is 10.1. The number of carboxylic acids is 1. The van der Waals surface area contributed by atoms with Crippen LogP contribution in [0.15, 0.2) is 36.9 Å². The minimum absolute atomic E-state index is 0.293. The molecule has 2 rings (SSSR count). The monoisotopic (exact) mass is 216 g/mol. The second-order valence-electron chi connectivity index (χ2n) is 3.47. The summed E-state index contributed by atoms with van der Waals surface area (Å²) in [6.07, 6.45) is 6.00. The predicted molar refractivity (Wildman–Crippen MR) is 59.9 cm³/mol. The molecule has 0 aliphatic rings. The van der Waals surface area contributed by atoms with Gasteiger partial charge in [-0.3, -0.25) is 0 Å². The van der Waals surface area contributed by atoms with Crippen molar-refractivity contribution in [2.45, 2.75) is 13.3 Å². The van der Waals surface area contributed by atoms with Crippen molar-refractivity contribution in [3.05, 3.63) is 48.0 Å². The number of benzene rings is 1. The summed E-state index contributed by atoms with van der Waals surface area (Å²) in [5, 5.41) is 8.95. The van der Waals surface area contributed by atoms with Gasteiger partial charge in [-0.25, -0.2) is 9.78 Å². The Morgan fingerprint density at radius 1 is 1.50 bits per heavy atom. The van der Waals surface area contributed by atoms with E-state index in [1.54, 1.807) is 30.9 Å². The molecule has 4 heteroatoms. The number of rotatable bonds is 3. The SMILES string of the molecule is CCc1ccc(C(=O)O)cc1-n1ccnc1. The molecule has 0 aliphatic carbocycles. The fraction of sp³-hybridized carbons (Fsp3) is 0.167. The van der Waals surface area contributed by atoms with Crippen LogP contribution in [0, 0.1) is 0 Å². The lowest BCUT2D eigenvalue weighted by Gasteiger charge is -2.09. The Morgan fingerprint density at radius 3 is 2.88 bits per heavy atom. The number of hydrogen-bond donors (Lipinski definition) is 1. The summed E-state index contributed by atoms with van der Waals surface area (Å²) < 4.78 is 1.82. The van der Waals surface area contributed by atoms with E-state index in [0.29, 0.717) is 5.56 Å². The van der Waals surface area contributed by atoms with Gasteiger partial charge in [-0.1, -0.05) is 13.0 Å². The van der Waals surface area contributed by atoms with Crippen molar-refractivity contribution in [3.8, 4) is 5.69 Å². The first-order valence-corrected chi connectivity index (χ1v) is 5.07. The van der Waals surface area contributed by atoms with Gasteiger partial charge >= 0.3 is 5.97 Å². The molecule has 1 aromatic heterocycles. The third kappa shape index (κ3) is 1.82. The Hall–Kier alpha value is -2.10. The zero-order valence-corrected chi connectivity index (χ0v) is 8.92. The molecule has 1 heterocycles. The molecule has 0 amide bonds. The summed E-state index contributed by atoms with van der Waals surface area (Å²) in [6, 6.07) is 5.14. The zero-order valence-electron chi connectivity index (χ0n) is 8.92. The maximum atomic E-state index is 10.9. The van der Waals surface area contributed by atoms with E-state index < -0.39 is 5.97 Å². The van der Waals surface area contributed by atoms with E-state index in [2.05, 4.69) is 4.98 Å². The molecule has 2 aromatic rings. The van der Waals surface area contributed by atoms with Crippen LogP contribution in [0.1, 0.15) is 22.8 Å². The van der Waals surface area contributed by atoms with Gasteiger partial charge in [0.25, 0.3) is 0 Å². The first kappa shape index (κ1) is 10.4. The minimum atomic E-state index is -0.913. The van der Waals surface area contributed by atoms with E-state index in [1.165, 1.54) is 0 Å². The van der Waals surface area contributed by atoms with E-state index >= 15 is 0 Å². The van der Waals surface area contributed by atoms with Gasteiger partial charge in [0.1, 0.15) is 0 Å². The van der Waals surface area contributed by atoms with Gasteiger partial charge in [0.2, 0.25) is 0 Å². The molecule has 0 saturated heterocycles. The lowest BCUT2D eigenvalue weighted by molar-refractivity contribution is 0.0697. The normalized spacial score (nSPS) is 10.3. The molecule has 0 radical (unpaired) electrons. The number of nitrogens with zero attached hydrogens (tertiary/aromatic N) is 2. The molecule has 0 unspecified atom stereocenters. The molecule has 16 heavy (non-hydrogen) atoms. The largest absolute Gasteiger partial charge is 0.478 e. The second-order valence-corrected chi connectivity index (χ2v) is 3.47. The Morgan fingerprint density at radius 2 is 2.31 bits per heavy atom.